The second-order valence-electron chi connectivity index (χ2n) is 4.94. The highest BCUT2D eigenvalue weighted by molar-refractivity contribution is 9.10. The van der Waals surface area contributed by atoms with Gasteiger partial charge >= 0.3 is 0 Å². The minimum absolute atomic E-state index is 0.353. The van der Waals surface area contributed by atoms with Gasteiger partial charge < -0.3 is 4.74 Å². The monoisotopic (exact) mass is 360 g/mol. The Morgan fingerprint density at radius 3 is 2.29 bits per heavy atom. The van der Waals surface area contributed by atoms with E-state index in [2.05, 4.69) is 31.9 Å². The highest BCUT2D eigenvalue weighted by Crippen LogP contribution is 2.38. The molecule has 0 aliphatic heterocycles. The fraction of sp³-hybridized carbons (Fsp3) is 0.571. The number of hydrogen-bond donors (Lipinski definition) is 0. The van der Waals surface area contributed by atoms with E-state index in [9.17, 15) is 0 Å². The average molecular weight is 362 g/mol. The molecule has 1 saturated carbocycles. The zero-order valence-electron chi connectivity index (χ0n) is 9.92. The summed E-state index contributed by atoms with van der Waals surface area (Å²) in [7, 11) is 0. The second kappa shape index (κ2) is 6.24. The molecule has 0 bridgehead atoms. The largest absolute Gasteiger partial charge is 0.493 e. The van der Waals surface area contributed by atoms with Crippen molar-refractivity contribution in [1.29, 1.82) is 0 Å². The molecule has 0 unspecified atom stereocenters. The zero-order valence-corrected chi connectivity index (χ0v) is 13.1. The molecule has 0 aromatic heterocycles. The predicted molar refractivity (Wildman–Crippen MR) is 78.9 cm³/mol. The summed E-state index contributed by atoms with van der Waals surface area (Å²) in [5.41, 5.74) is 0.353. The molecule has 0 radical (unpaired) electrons. The summed E-state index contributed by atoms with van der Waals surface area (Å²) >= 11 is 7.10. The number of halogens is 2. The van der Waals surface area contributed by atoms with Gasteiger partial charge in [0.1, 0.15) is 5.75 Å². The maximum Gasteiger partial charge on any atom is 0.119 e. The van der Waals surface area contributed by atoms with Gasteiger partial charge in [-0.25, -0.2) is 0 Å². The van der Waals surface area contributed by atoms with Crippen molar-refractivity contribution >= 4 is 31.9 Å². The van der Waals surface area contributed by atoms with Crippen molar-refractivity contribution < 1.29 is 4.74 Å². The summed E-state index contributed by atoms with van der Waals surface area (Å²) in [6.45, 7) is 0.833. The lowest BCUT2D eigenvalue weighted by molar-refractivity contribution is 0.122. The molecule has 1 nitrogen and oxygen atoms in total. The van der Waals surface area contributed by atoms with Crippen molar-refractivity contribution in [3.8, 4) is 5.75 Å². The van der Waals surface area contributed by atoms with Crippen LogP contribution in [0.4, 0.5) is 0 Å². The Morgan fingerprint density at radius 1 is 1.06 bits per heavy atom. The topological polar surface area (TPSA) is 9.23 Å². The van der Waals surface area contributed by atoms with Gasteiger partial charge in [-0.2, -0.15) is 0 Å². The van der Waals surface area contributed by atoms with Crippen molar-refractivity contribution in [3.05, 3.63) is 28.7 Å². The van der Waals surface area contributed by atoms with E-state index in [4.69, 9.17) is 4.74 Å². The molecule has 1 aromatic carbocycles. The Bertz CT molecular complexity index is 342. The van der Waals surface area contributed by atoms with Crippen LogP contribution in [0.25, 0.3) is 0 Å². The van der Waals surface area contributed by atoms with Crippen LogP contribution in [-0.4, -0.2) is 11.9 Å². The second-order valence-corrected chi connectivity index (χ2v) is 6.41. The molecule has 0 amide bonds. The maximum absolute atomic E-state index is 5.94. The standard InChI is InChI=1S/C14H18Br2O/c15-10-14(8-2-1-3-9-14)11-17-13-6-4-12(16)5-7-13/h4-7H,1-3,8-11H2. The van der Waals surface area contributed by atoms with Gasteiger partial charge in [0.05, 0.1) is 6.61 Å². The predicted octanol–water partition coefficient (Wildman–Crippen LogP) is 5.17. The normalized spacial score (nSPS) is 18.9. The number of benzene rings is 1. The Hall–Kier alpha value is -0.0200. The van der Waals surface area contributed by atoms with Crippen LogP contribution in [0.1, 0.15) is 32.1 Å². The van der Waals surface area contributed by atoms with E-state index in [1.807, 2.05) is 24.3 Å². The zero-order chi connectivity index (χ0) is 12.1. The number of rotatable bonds is 4. The van der Waals surface area contributed by atoms with Gasteiger partial charge in [0.15, 0.2) is 0 Å². The van der Waals surface area contributed by atoms with Crippen LogP contribution in [0.15, 0.2) is 28.7 Å². The molecule has 0 atom stereocenters. The van der Waals surface area contributed by atoms with Crippen LogP contribution in [0.5, 0.6) is 5.75 Å². The summed E-state index contributed by atoms with van der Waals surface area (Å²) in [6.07, 6.45) is 6.64. The summed E-state index contributed by atoms with van der Waals surface area (Å²) in [6, 6.07) is 8.09. The molecule has 0 saturated heterocycles. The number of ether oxygens (including phenoxy) is 1. The summed E-state index contributed by atoms with van der Waals surface area (Å²) < 4.78 is 7.04. The number of hydrogen-bond acceptors (Lipinski definition) is 1. The first-order valence-electron chi connectivity index (χ1n) is 6.18. The molecule has 0 N–H and O–H groups in total. The van der Waals surface area contributed by atoms with Gasteiger partial charge in [-0.3, -0.25) is 0 Å². The molecule has 1 aromatic rings. The van der Waals surface area contributed by atoms with Crippen LogP contribution in [0.3, 0.4) is 0 Å². The molecule has 1 aliphatic carbocycles. The lowest BCUT2D eigenvalue weighted by atomic mass is 9.76. The summed E-state index contributed by atoms with van der Waals surface area (Å²) in [5.74, 6) is 0.971. The third kappa shape index (κ3) is 3.72. The molecule has 3 heteroatoms. The lowest BCUT2D eigenvalue weighted by Gasteiger charge is -2.35. The Kier molecular flexibility index (Phi) is 4.92. The number of alkyl halides is 1. The highest BCUT2D eigenvalue weighted by Gasteiger charge is 2.31. The average Bonchev–Trinajstić information content (AvgIpc) is 2.39. The molecule has 94 valence electrons. The van der Waals surface area contributed by atoms with Crippen LogP contribution in [0.2, 0.25) is 0 Å². The fourth-order valence-electron chi connectivity index (χ4n) is 2.39. The van der Waals surface area contributed by atoms with Crippen LogP contribution >= 0.6 is 31.9 Å². The molecule has 2 rings (SSSR count). The van der Waals surface area contributed by atoms with Crippen LogP contribution in [0, 0.1) is 5.41 Å². The Morgan fingerprint density at radius 2 is 1.71 bits per heavy atom. The van der Waals surface area contributed by atoms with Gasteiger partial charge in [0.25, 0.3) is 0 Å². The third-order valence-electron chi connectivity index (χ3n) is 3.56. The SMILES string of the molecule is BrCC1(COc2ccc(Br)cc2)CCCCC1. The molecule has 1 fully saturated rings. The third-order valence-corrected chi connectivity index (χ3v) is 5.27. The van der Waals surface area contributed by atoms with E-state index in [1.54, 1.807) is 0 Å². The van der Waals surface area contributed by atoms with Gasteiger partial charge in [-0.05, 0) is 37.1 Å². The minimum Gasteiger partial charge on any atom is -0.493 e. The van der Waals surface area contributed by atoms with Crippen molar-refractivity contribution in [3.63, 3.8) is 0 Å². The lowest BCUT2D eigenvalue weighted by Crippen LogP contribution is -2.32. The van der Waals surface area contributed by atoms with Crippen molar-refractivity contribution in [2.75, 3.05) is 11.9 Å². The van der Waals surface area contributed by atoms with Gasteiger partial charge in [0.2, 0.25) is 0 Å². The van der Waals surface area contributed by atoms with E-state index in [-0.39, 0.29) is 0 Å². The van der Waals surface area contributed by atoms with E-state index in [1.165, 1.54) is 32.1 Å². The highest BCUT2D eigenvalue weighted by atomic mass is 79.9. The van der Waals surface area contributed by atoms with Crippen LogP contribution in [-0.2, 0) is 0 Å². The molecule has 1 aliphatic rings. The molecule has 0 heterocycles. The molecule has 17 heavy (non-hydrogen) atoms. The fourth-order valence-corrected chi connectivity index (χ4v) is 3.37. The van der Waals surface area contributed by atoms with E-state index < -0.39 is 0 Å². The Balaban J connectivity index is 1.93. The van der Waals surface area contributed by atoms with Gasteiger partial charge in [-0.1, -0.05) is 51.1 Å². The molecular formula is C14H18Br2O. The Labute approximate surface area is 120 Å². The first-order chi connectivity index (χ1) is 8.24. The van der Waals surface area contributed by atoms with Crippen molar-refractivity contribution in [1.82, 2.24) is 0 Å². The maximum atomic E-state index is 5.94. The van der Waals surface area contributed by atoms with Gasteiger partial charge in [0, 0.05) is 15.2 Å². The van der Waals surface area contributed by atoms with Crippen LogP contribution < -0.4 is 4.74 Å². The van der Waals surface area contributed by atoms with E-state index in [0.717, 1.165) is 22.2 Å². The van der Waals surface area contributed by atoms with E-state index >= 15 is 0 Å². The quantitative estimate of drug-likeness (QED) is 0.672. The molecule has 0 spiro atoms. The minimum atomic E-state index is 0.353. The van der Waals surface area contributed by atoms with E-state index in [0.29, 0.717) is 5.41 Å². The van der Waals surface area contributed by atoms with Gasteiger partial charge in [-0.15, -0.1) is 0 Å². The smallest absolute Gasteiger partial charge is 0.119 e. The van der Waals surface area contributed by atoms with Crippen molar-refractivity contribution in [2.45, 2.75) is 32.1 Å². The summed E-state index contributed by atoms with van der Waals surface area (Å²) in [4.78, 5) is 0. The first-order valence-corrected chi connectivity index (χ1v) is 8.10. The molecular weight excluding hydrogens is 344 g/mol. The van der Waals surface area contributed by atoms with Crippen molar-refractivity contribution in [2.24, 2.45) is 5.41 Å². The first kappa shape index (κ1) is 13.4. The summed E-state index contributed by atoms with van der Waals surface area (Å²) in [5, 5.41) is 1.05.